The Morgan fingerprint density at radius 2 is 1.80 bits per heavy atom. The molecular weight excluding hydrogens is 316 g/mol. The van der Waals surface area contributed by atoms with Crippen molar-refractivity contribution in [3.8, 4) is 5.75 Å². The van der Waals surface area contributed by atoms with Crippen LogP contribution >= 0.6 is 15.9 Å². The largest absolute Gasteiger partial charge is 0.496 e. The molecular formula is C16H19BrN2O. The maximum atomic E-state index is 5.80. The first-order valence-electron chi connectivity index (χ1n) is 6.44. The molecule has 2 rings (SSSR count). The van der Waals surface area contributed by atoms with E-state index in [0.717, 1.165) is 29.0 Å². The van der Waals surface area contributed by atoms with E-state index in [1.807, 2.05) is 24.3 Å². The quantitative estimate of drug-likeness (QED) is 0.848. The van der Waals surface area contributed by atoms with E-state index in [-0.39, 0.29) is 0 Å². The van der Waals surface area contributed by atoms with Gasteiger partial charge in [0.05, 0.1) is 11.6 Å². The van der Waals surface area contributed by atoms with Gasteiger partial charge in [-0.2, -0.15) is 0 Å². The number of halogens is 1. The number of methoxy groups -OCH3 is 1. The SMILES string of the molecule is COc1ccc(CN(C)Cc2cccc(N)c2)cc1Br. The van der Waals surface area contributed by atoms with Crippen molar-refractivity contribution in [2.75, 3.05) is 19.9 Å². The normalized spacial score (nSPS) is 10.8. The zero-order valence-corrected chi connectivity index (χ0v) is 13.4. The summed E-state index contributed by atoms with van der Waals surface area (Å²) in [5.74, 6) is 0.854. The van der Waals surface area contributed by atoms with E-state index >= 15 is 0 Å². The Balaban J connectivity index is 2.01. The smallest absolute Gasteiger partial charge is 0.133 e. The Kier molecular flexibility index (Phi) is 5.04. The third kappa shape index (κ3) is 3.99. The summed E-state index contributed by atoms with van der Waals surface area (Å²) in [6, 6.07) is 14.2. The number of hydrogen-bond donors (Lipinski definition) is 1. The molecule has 0 aliphatic rings. The van der Waals surface area contributed by atoms with Crippen molar-refractivity contribution in [3.63, 3.8) is 0 Å². The molecule has 0 aromatic heterocycles. The molecule has 0 spiro atoms. The molecule has 0 saturated heterocycles. The van der Waals surface area contributed by atoms with E-state index in [2.05, 4.69) is 46.1 Å². The Morgan fingerprint density at radius 3 is 2.40 bits per heavy atom. The molecule has 106 valence electrons. The lowest BCUT2D eigenvalue weighted by molar-refractivity contribution is 0.319. The molecule has 0 atom stereocenters. The first kappa shape index (κ1) is 14.9. The van der Waals surface area contributed by atoms with Gasteiger partial charge in [0.15, 0.2) is 0 Å². The molecule has 0 amide bonds. The Hall–Kier alpha value is -1.52. The van der Waals surface area contributed by atoms with Crippen LogP contribution in [-0.4, -0.2) is 19.1 Å². The summed E-state index contributed by atoms with van der Waals surface area (Å²) < 4.78 is 6.22. The molecule has 0 bridgehead atoms. The van der Waals surface area contributed by atoms with Gasteiger partial charge < -0.3 is 10.5 Å². The van der Waals surface area contributed by atoms with Crippen molar-refractivity contribution in [1.82, 2.24) is 4.90 Å². The van der Waals surface area contributed by atoms with Crippen LogP contribution in [0.25, 0.3) is 0 Å². The van der Waals surface area contributed by atoms with Gasteiger partial charge in [0.25, 0.3) is 0 Å². The number of ether oxygens (including phenoxy) is 1. The van der Waals surface area contributed by atoms with Crippen LogP contribution in [0.5, 0.6) is 5.75 Å². The Labute approximate surface area is 128 Å². The fourth-order valence-corrected chi connectivity index (χ4v) is 2.77. The number of hydrogen-bond acceptors (Lipinski definition) is 3. The molecule has 2 aromatic rings. The molecule has 20 heavy (non-hydrogen) atoms. The highest BCUT2D eigenvalue weighted by atomic mass is 79.9. The van der Waals surface area contributed by atoms with E-state index in [4.69, 9.17) is 10.5 Å². The zero-order valence-electron chi connectivity index (χ0n) is 11.8. The highest BCUT2D eigenvalue weighted by Crippen LogP contribution is 2.26. The highest BCUT2D eigenvalue weighted by Gasteiger charge is 2.05. The average Bonchev–Trinajstić information content (AvgIpc) is 2.38. The van der Waals surface area contributed by atoms with Gasteiger partial charge in [-0.3, -0.25) is 4.90 Å². The minimum absolute atomic E-state index is 0.808. The standard InChI is InChI=1S/C16H19BrN2O/c1-19(10-12-4-3-5-14(18)8-12)11-13-6-7-16(20-2)15(17)9-13/h3-9H,10-11,18H2,1-2H3. The van der Waals surface area contributed by atoms with Gasteiger partial charge in [0.2, 0.25) is 0 Å². The summed E-state index contributed by atoms with van der Waals surface area (Å²) in [5.41, 5.74) is 9.07. The molecule has 0 saturated carbocycles. The van der Waals surface area contributed by atoms with E-state index < -0.39 is 0 Å². The molecule has 0 radical (unpaired) electrons. The van der Waals surface area contributed by atoms with E-state index in [0.29, 0.717) is 0 Å². The average molecular weight is 335 g/mol. The molecule has 4 heteroatoms. The molecule has 0 unspecified atom stereocenters. The monoisotopic (exact) mass is 334 g/mol. The number of anilines is 1. The zero-order chi connectivity index (χ0) is 14.5. The molecule has 0 fully saturated rings. The van der Waals surface area contributed by atoms with Crippen LogP contribution < -0.4 is 10.5 Å². The fraction of sp³-hybridized carbons (Fsp3) is 0.250. The maximum Gasteiger partial charge on any atom is 0.133 e. The summed E-state index contributed by atoms with van der Waals surface area (Å²) in [7, 11) is 3.77. The lowest BCUT2D eigenvalue weighted by Crippen LogP contribution is -2.17. The van der Waals surface area contributed by atoms with Crippen molar-refractivity contribution in [2.45, 2.75) is 13.1 Å². The van der Waals surface area contributed by atoms with Gasteiger partial charge in [-0.1, -0.05) is 18.2 Å². The highest BCUT2D eigenvalue weighted by molar-refractivity contribution is 9.10. The number of rotatable bonds is 5. The van der Waals surface area contributed by atoms with Crippen molar-refractivity contribution in [3.05, 3.63) is 58.1 Å². The molecule has 0 heterocycles. The molecule has 2 aromatic carbocycles. The third-order valence-electron chi connectivity index (χ3n) is 3.07. The molecule has 3 nitrogen and oxygen atoms in total. The molecule has 0 aliphatic carbocycles. The minimum Gasteiger partial charge on any atom is -0.496 e. The van der Waals surface area contributed by atoms with Crippen LogP contribution in [0.3, 0.4) is 0 Å². The third-order valence-corrected chi connectivity index (χ3v) is 3.69. The van der Waals surface area contributed by atoms with Crippen LogP contribution in [0.15, 0.2) is 46.9 Å². The van der Waals surface area contributed by atoms with Gasteiger partial charge in [0, 0.05) is 18.8 Å². The van der Waals surface area contributed by atoms with Crippen molar-refractivity contribution < 1.29 is 4.74 Å². The second-order valence-corrected chi connectivity index (χ2v) is 5.74. The van der Waals surface area contributed by atoms with Gasteiger partial charge >= 0.3 is 0 Å². The first-order chi connectivity index (χ1) is 9.58. The van der Waals surface area contributed by atoms with Gasteiger partial charge in [-0.05, 0) is 58.4 Å². The van der Waals surface area contributed by atoms with Crippen LogP contribution in [0, 0.1) is 0 Å². The second kappa shape index (κ2) is 6.77. The van der Waals surface area contributed by atoms with Crippen LogP contribution in [0.2, 0.25) is 0 Å². The van der Waals surface area contributed by atoms with Crippen molar-refractivity contribution in [1.29, 1.82) is 0 Å². The summed E-state index contributed by atoms with van der Waals surface area (Å²) in [5, 5.41) is 0. The predicted octanol–water partition coefficient (Wildman–Crippen LogP) is 3.67. The molecule has 0 aliphatic heterocycles. The number of nitrogen functional groups attached to an aromatic ring is 1. The van der Waals surface area contributed by atoms with E-state index in [1.54, 1.807) is 7.11 Å². The van der Waals surface area contributed by atoms with Gasteiger partial charge in [-0.15, -0.1) is 0 Å². The lowest BCUT2D eigenvalue weighted by atomic mass is 10.1. The summed E-state index contributed by atoms with van der Waals surface area (Å²) in [6.07, 6.45) is 0. The molecule has 2 N–H and O–H groups in total. The Morgan fingerprint density at radius 1 is 1.10 bits per heavy atom. The van der Waals surface area contributed by atoms with Crippen LogP contribution in [-0.2, 0) is 13.1 Å². The van der Waals surface area contributed by atoms with Gasteiger partial charge in [-0.25, -0.2) is 0 Å². The van der Waals surface area contributed by atoms with Crippen LogP contribution in [0.4, 0.5) is 5.69 Å². The number of nitrogens with zero attached hydrogens (tertiary/aromatic N) is 1. The minimum atomic E-state index is 0.808. The number of nitrogens with two attached hydrogens (primary N) is 1. The topological polar surface area (TPSA) is 38.5 Å². The van der Waals surface area contributed by atoms with E-state index in [9.17, 15) is 0 Å². The van der Waals surface area contributed by atoms with E-state index in [1.165, 1.54) is 11.1 Å². The van der Waals surface area contributed by atoms with Crippen molar-refractivity contribution in [2.24, 2.45) is 0 Å². The van der Waals surface area contributed by atoms with Gasteiger partial charge in [0.1, 0.15) is 5.75 Å². The van der Waals surface area contributed by atoms with Crippen molar-refractivity contribution >= 4 is 21.6 Å². The Bertz CT molecular complexity index is 586. The fourth-order valence-electron chi connectivity index (χ4n) is 2.18. The summed E-state index contributed by atoms with van der Waals surface area (Å²) in [4.78, 5) is 2.25. The summed E-state index contributed by atoms with van der Waals surface area (Å²) >= 11 is 3.51. The lowest BCUT2D eigenvalue weighted by Gasteiger charge is -2.17. The first-order valence-corrected chi connectivity index (χ1v) is 7.23. The van der Waals surface area contributed by atoms with Crippen LogP contribution in [0.1, 0.15) is 11.1 Å². The predicted molar refractivity (Wildman–Crippen MR) is 86.7 cm³/mol. The second-order valence-electron chi connectivity index (χ2n) is 4.89. The summed E-state index contributed by atoms with van der Waals surface area (Å²) in [6.45, 7) is 1.74. The number of benzene rings is 2. The maximum absolute atomic E-state index is 5.80.